The van der Waals surface area contributed by atoms with Crippen LogP contribution in [0.25, 0.3) is 27.8 Å². The standard InChI is InChI=1S/C26H26N4O2/c31-26(29-13-2-1-3-14-29)21-6-4-5-19-9-12-24(28-25(19)21)30-17-27-22-15-20(10-11-23(22)30)32-16-18-7-8-18/h4-6,9-12,15,17-18H,1-3,7-8,13-14,16H2. The van der Waals surface area contributed by atoms with Crippen molar-refractivity contribution in [3.05, 3.63) is 60.4 Å². The number of carbonyl (C=O) groups is 1. The average molecular weight is 427 g/mol. The van der Waals surface area contributed by atoms with Gasteiger partial charge in [-0.2, -0.15) is 0 Å². The van der Waals surface area contributed by atoms with Crippen molar-refractivity contribution in [3.63, 3.8) is 0 Å². The number of piperidine rings is 1. The maximum Gasteiger partial charge on any atom is 0.256 e. The summed E-state index contributed by atoms with van der Waals surface area (Å²) in [5.41, 5.74) is 3.26. The van der Waals surface area contributed by atoms with Crippen LogP contribution in [0.2, 0.25) is 0 Å². The number of likely N-dealkylation sites (tertiary alicyclic amines) is 1. The monoisotopic (exact) mass is 426 g/mol. The number of nitrogens with zero attached hydrogens (tertiary/aromatic N) is 4. The van der Waals surface area contributed by atoms with Gasteiger partial charge in [0.1, 0.15) is 17.9 Å². The molecule has 2 aromatic carbocycles. The Bertz CT molecular complexity index is 1300. The van der Waals surface area contributed by atoms with Crippen LogP contribution in [0.5, 0.6) is 5.75 Å². The summed E-state index contributed by atoms with van der Waals surface area (Å²) in [5, 5.41) is 0.969. The summed E-state index contributed by atoms with van der Waals surface area (Å²) in [6.07, 6.45) is 7.67. The van der Waals surface area contributed by atoms with E-state index < -0.39 is 0 Å². The summed E-state index contributed by atoms with van der Waals surface area (Å²) in [5.74, 6) is 2.40. The Kier molecular flexibility index (Phi) is 4.78. The highest BCUT2D eigenvalue weighted by Gasteiger charge is 2.22. The van der Waals surface area contributed by atoms with Gasteiger partial charge >= 0.3 is 0 Å². The van der Waals surface area contributed by atoms with Crippen LogP contribution in [-0.2, 0) is 0 Å². The molecule has 0 unspecified atom stereocenters. The first kappa shape index (κ1) is 19.3. The minimum atomic E-state index is 0.0768. The fourth-order valence-corrected chi connectivity index (χ4v) is 4.47. The van der Waals surface area contributed by atoms with Gasteiger partial charge in [0.2, 0.25) is 0 Å². The number of pyridine rings is 1. The predicted octanol–water partition coefficient (Wildman–Crippen LogP) is 4.99. The van der Waals surface area contributed by atoms with E-state index in [1.54, 1.807) is 6.33 Å². The molecular formula is C26H26N4O2. The van der Waals surface area contributed by atoms with Crippen molar-refractivity contribution in [3.8, 4) is 11.6 Å². The zero-order valence-corrected chi connectivity index (χ0v) is 18.0. The molecule has 1 saturated carbocycles. The Morgan fingerprint density at radius 1 is 1.03 bits per heavy atom. The van der Waals surface area contributed by atoms with Crippen molar-refractivity contribution in [2.24, 2.45) is 5.92 Å². The van der Waals surface area contributed by atoms with Gasteiger partial charge in [0.25, 0.3) is 5.91 Å². The van der Waals surface area contributed by atoms with Gasteiger partial charge in [-0.1, -0.05) is 12.1 Å². The van der Waals surface area contributed by atoms with E-state index in [-0.39, 0.29) is 5.91 Å². The predicted molar refractivity (Wildman–Crippen MR) is 124 cm³/mol. The fourth-order valence-electron chi connectivity index (χ4n) is 4.47. The summed E-state index contributed by atoms with van der Waals surface area (Å²) in [6.45, 7) is 2.44. The van der Waals surface area contributed by atoms with Crippen molar-refractivity contribution in [1.29, 1.82) is 0 Å². The molecule has 0 radical (unpaired) electrons. The van der Waals surface area contributed by atoms with E-state index in [0.29, 0.717) is 11.5 Å². The lowest BCUT2D eigenvalue weighted by Gasteiger charge is -2.27. The summed E-state index contributed by atoms with van der Waals surface area (Å²) in [6, 6.07) is 15.9. The highest BCUT2D eigenvalue weighted by atomic mass is 16.5. The maximum absolute atomic E-state index is 13.2. The number of amides is 1. The fraction of sp³-hybridized carbons (Fsp3) is 0.346. The van der Waals surface area contributed by atoms with Crippen LogP contribution in [-0.4, -0.2) is 45.0 Å². The average Bonchev–Trinajstić information content (AvgIpc) is 3.59. The van der Waals surface area contributed by atoms with E-state index in [1.807, 2.05) is 58.0 Å². The molecule has 2 aromatic heterocycles. The van der Waals surface area contributed by atoms with Crippen molar-refractivity contribution < 1.29 is 9.53 Å². The Morgan fingerprint density at radius 3 is 2.75 bits per heavy atom. The molecule has 0 atom stereocenters. The number of aromatic nitrogens is 3. The number of ether oxygens (including phenoxy) is 1. The van der Waals surface area contributed by atoms with E-state index in [0.717, 1.165) is 66.0 Å². The summed E-state index contributed by atoms with van der Waals surface area (Å²) in [7, 11) is 0. The molecule has 4 aromatic rings. The lowest BCUT2D eigenvalue weighted by molar-refractivity contribution is 0.0726. The Hall–Kier alpha value is -3.41. The number of imidazole rings is 1. The number of rotatable bonds is 5. The summed E-state index contributed by atoms with van der Waals surface area (Å²) < 4.78 is 7.88. The Balaban J connectivity index is 1.36. The Morgan fingerprint density at radius 2 is 1.91 bits per heavy atom. The van der Waals surface area contributed by atoms with Gasteiger partial charge in [0.05, 0.1) is 28.7 Å². The first-order valence-electron chi connectivity index (χ1n) is 11.6. The SMILES string of the molecule is O=C(c1cccc2ccc(-n3cnc4cc(OCC5CC5)ccc43)nc12)N1CCCCC1. The first-order chi connectivity index (χ1) is 15.8. The smallest absolute Gasteiger partial charge is 0.256 e. The van der Waals surface area contributed by atoms with Crippen molar-refractivity contribution in [2.45, 2.75) is 32.1 Å². The molecule has 0 N–H and O–H groups in total. The quantitative estimate of drug-likeness (QED) is 0.451. The van der Waals surface area contributed by atoms with Gasteiger partial charge in [-0.3, -0.25) is 9.36 Å². The number of para-hydroxylation sites is 1. The molecule has 0 spiro atoms. The second-order valence-corrected chi connectivity index (χ2v) is 8.92. The van der Waals surface area contributed by atoms with Gasteiger partial charge in [0.15, 0.2) is 0 Å². The van der Waals surface area contributed by atoms with Crippen LogP contribution in [0.15, 0.2) is 54.9 Å². The van der Waals surface area contributed by atoms with Gasteiger partial charge in [-0.15, -0.1) is 0 Å². The largest absolute Gasteiger partial charge is 0.493 e. The molecule has 162 valence electrons. The molecule has 1 aliphatic carbocycles. The molecule has 6 rings (SSSR count). The molecule has 0 bridgehead atoms. The van der Waals surface area contributed by atoms with Crippen LogP contribution < -0.4 is 4.74 Å². The maximum atomic E-state index is 13.2. The first-order valence-corrected chi connectivity index (χ1v) is 11.6. The van der Waals surface area contributed by atoms with Crippen LogP contribution >= 0.6 is 0 Å². The van der Waals surface area contributed by atoms with Crippen LogP contribution in [0, 0.1) is 5.92 Å². The number of hydrogen-bond acceptors (Lipinski definition) is 4. The van der Waals surface area contributed by atoms with E-state index in [4.69, 9.17) is 9.72 Å². The lowest BCUT2D eigenvalue weighted by Crippen LogP contribution is -2.35. The normalized spacial score (nSPS) is 16.6. The van der Waals surface area contributed by atoms with Gasteiger partial charge in [-0.05, 0) is 68.4 Å². The minimum absolute atomic E-state index is 0.0768. The second-order valence-electron chi connectivity index (χ2n) is 8.92. The Labute approximate surface area is 186 Å². The molecule has 1 amide bonds. The van der Waals surface area contributed by atoms with Crippen molar-refractivity contribution >= 4 is 27.8 Å². The molecule has 6 nitrogen and oxygen atoms in total. The van der Waals surface area contributed by atoms with Gasteiger partial charge in [-0.25, -0.2) is 9.97 Å². The van der Waals surface area contributed by atoms with Crippen molar-refractivity contribution in [2.75, 3.05) is 19.7 Å². The third kappa shape index (κ3) is 3.60. The zero-order valence-electron chi connectivity index (χ0n) is 18.0. The zero-order chi connectivity index (χ0) is 21.5. The van der Waals surface area contributed by atoms with E-state index in [1.165, 1.54) is 19.3 Å². The van der Waals surface area contributed by atoms with E-state index in [9.17, 15) is 4.79 Å². The van der Waals surface area contributed by atoms with Crippen LogP contribution in [0.3, 0.4) is 0 Å². The van der Waals surface area contributed by atoms with E-state index in [2.05, 4.69) is 4.98 Å². The molecule has 2 fully saturated rings. The number of fused-ring (bicyclic) bond motifs is 2. The topological polar surface area (TPSA) is 60.3 Å². The molecule has 1 saturated heterocycles. The molecular weight excluding hydrogens is 400 g/mol. The second kappa shape index (κ2) is 7.93. The van der Waals surface area contributed by atoms with Crippen LogP contribution in [0.4, 0.5) is 0 Å². The van der Waals surface area contributed by atoms with Gasteiger partial charge < -0.3 is 9.64 Å². The highest BCUT2D eigenvalue weighted by Crippen LogP contribution is 2.30. The summed E-state index contributed by atoms with van der Waals surface area (Å²) >= 11 is 0. The van der Waals surface area contributed by atoms with E-state index >= 15 is 0 Å². The third-order valence-electron chi connectivity index (χ3n) is 6.53. The number of benzene rings is 2. The lowest BCUT2D eigenvalue weighted by atomic mass is 10.1. The molecule has 1 aliphatic heterocycles. The minimum Gasteiger partial charge on any atom is -0.493 e. The third-order valence-corrected chi connectivity index (χ3v) is 6.53. The summed E-state index contributed by atoms with van der Waals surface area (Å²) in [4.78, 5) is 24.7. The molecule has 3 heterocycles. The number of carbonyl (C=O) groups excluding carboxylic acids is 1. The molecule has 6 heteroatoms. The van der Waals surface area contributed by atoms with Crippen LogP contribution in [0.1, 0.15) is 42.5 Å². The number of hydrogen-bond donors (Lipinski definition) is 0. The highest BCUT2D eigenvalue weighted by molar-refractivity contribution is 6.05. The van der Waals surface area contributed by atoms with Crippen molar-refractivity contribution in [1.82, 2.24) is 19.4 Å². The van der Waals surface area contributed by atoms with Gasteiger partial charge in [0, 0.05) is 24.5 Å². The molecule has 2 aliphatic rings. The molecule has 32 heavy (non-hydrogen) atoms.